The number of aromatic nitrogens is 3. The molecule has 0 spiro atoms. The molecule has 7 heteroatoms. The van der Waals surface area contributed by atoms with Crippen molar-refractivity contribution < 1.29 is 14.3 Å². The van der Waals surface area contributed by atoms with E-state index >= 15 is 0 Å². The molecule has 0 saturated carbocycles. The van der Waals surface area contributed by atoms with E-state index in [1.165, 1.54) is 0 Å². The van der Waals surface area contributed by atoms with Gasteiger partial charge in [0, 0.05) is 12.8 Å². The van der Waals surface area contributed by atoms with Gasteiger partial charge in [0.15, 0.2) is 5.69 Å². The number of nitrogens with zero attached hydrogens (tertiary/aromatic N) is 3. The number of rotatable bonds is 7. The zero-order chi connectivity index (χ0) is 20.8. The van der Waals surface area contributed by atoms with E-state index in [9.17, 15) is 4.79 Å². The molecule has 1 heterocycles. The second-order valence-electron chi connectivity index (χ2n) is 6.46. The fourth-order valence-corrected chi connectivity index (χ4v) is 2.94. The Morgan fingerprint density at radius 3 is 2.20 bits per heavy atom. The molecule has 150 valence electrons. The molecule has 0 fully saturated rings. The Balaban J connectivity index is 1.50. The van der Waals surface area contributed by atoms with Crippen molar-refractivity contribution in [1.29, 1.82) is 0 Å². The summed E-state index contributed by atoms with van der Waals surface area (Å²) in [5.41, 5.74) is 2.21. The van der Waals surface area contributed by atoms with E-state index in [4.69, 9.17) is 9.47 Å². The van der Waals surface area contributed by atoms with Gasteiger partial charge in [0.25, 0.3) is 5.91 Å². The second kappa shape index (κ2) is 9.02. The van der Waals surface area contributed by atoms with Crippen molar-refractivity contribution in [3.63, 3.8) is 0 Å². The molecule has 0 atom stereocenters. The topological polar surface area (TPSA) is 78.3 Å². The Bertz CT molecular complexity index is 1110. The zero-order valence-electron chi connectivity index (χ0n) is 16.4. The van der Waals surface area contributed by atoms with Gasteiger partial charge in [0.1, 0.15) is 17.2 Å². The summed E-state index contributed by atoms with van der Waals surface area (Å²) >= 11 is 0. The molecule has 4 aromatic rings. The number of para-hydroxylation sites is 2. The minimum Gasteiger partial charge on any atom is -0.457 e. The Labute approximate surface area is 173 Å². The second-order valence-corrected chi connectivity index (χ2v) is 6.46. The average Bonchev–Trinajstić information content (AvgIpc) is 3.20. The van der Waals surface area contributed by atoms with Crippen molar-refractivity contribution in [2.24, 2.45) is 0 Å². The summed E-state index contributed by atoms with van der Waals surface area (Å²) in [6, 6.07) is 26.1. The quantitative estimate of drug-likeness (QED) is 0.496. The molecule has 1 amide bonds. The van der Waals surface area contributed by atoms with Crippen molar-refractivity contribution in [1.82, 2.24) is 15.0 Å². The summed E-state index contributed by atoms with van der Waals surface area (Å²) < 4.78 is 12.6. The van der Waals surface area contributed by atoms with Gasteiger partial charge in [-0.25, -0.2) is 4.68 Å². The van der Waals surface area contributed by atoms with Gasteiger partial charge in [-0.2, -0.15) is 0 Å². The third kappa shape index (κ3) is 4.37. The van der Waals surface area contributed by atoms with Crippen molar-refractivity contribution in [3.05, 3.63) is 96.3 Å². The van der Waals surface area contributed by atoms with Gasteiger partial charge >= 0.3 is 0 Å². The number of nitrogens with one attached hydrogen (secondary N) is 1. The maximum absolute atomic E-state index is 12.8. The number of carbonyl (C=O) groups excluding carboxylic acids is 1. The third-order valence-corrected chi connectivity index (χ3v) is 4.35. The lowest BCUT2D eigenvalue weighted by Crippen LogP contribution is -2.16. The number of methoxy groups -OCH3 is 1. The summed E-state index contributed by atoms with van der Waals surface area (Å²) in [6.07, 6.45) is 0. The van der Waals surface area contributed by atoms with Crippen LogP contribution in [0.2, 0.25) is 0 Å². The predicted molar refractivity (Wildman–Crippen MR) is 113 cm³/mol. The molecule has 30 heavy (non-hydrogen) atoms. The van der Waals surface area contributed by atoms with Crippen LogP contribution in [-0.2, 0) is 11.3 Å². The largest absolute Gasteiger partial charge is 0.457 e. The van der Waals surface area contributed by atoms with Crippen LogP contribution < -0.4 is 10.1 Å². The van der Waals surface area contributed by atoms with Crippen molar-refractivity contribution in [2.75, 3.05) is 12.4 Å². The molecule has 0 aliphatic heterocycles. The van der Waals surface area contributed by atoms with E-state index in [0.717, 1.165) is 11.4 Å². The van der Waals surface area contributed by atoms with Crippen LogP contribution in [0.5, 0.6) is 11.5 Å². The minimum atomic E-state index is -0.360. The summed E-state index contributed by atoms with van der Waals surface area (Å²) in [7, 11) is 1.56. The molecule has 0 aliphatic carbocycles. The molecule has 0 radical (unpaired) electrons. The van der Waals surface area contributed by atoms with Crippen molar-refractivity contribution in [3.8, 4) is 17.2 Å². The molecular weight excluding hydrogens is 380 g/mol. The van der Waals surface area contributed by atoms with Gasteiger partial charge in [0.2, 0.25) is 0 Å². The van der Waals surface area contributed by atoms with Crippen LogP contribution in [0.15, 0.2) is 84.9 Å². The minimum absolute atomic E-state index is 0.203. The van der Waals surface area contributed by atoms with Crippen LogP contribution in [0.25, 0.3) is 5.69 Å². The van der Waals surface area contributed by atoms with Gasteiger partial charge < -0.3 is 14.8 Å². The molecule has 3 aromatic carbocycles. The van der Waals surface area contributed by atoms with E-state index in [2.05, 4.69) is 15.6 Å². The zero-order valence-corrected chi connectivity index (χ0v) is 16.4. The van der Waals surface area contributed by atoms with Gasteiger partial charge in [-0.1, -0.05) is 41.6 Å². The first-order chi connectivity index (χ1) is 14.7. The van der Waals surface area contributed by atoms with Gasteiger partial charge in [-0.3, -0.25) is 4.79 Å². The van der Waals surface area contributed by atoms with Crippen LogP contribution in [-0.4, -0.2) is 28.0 Å². The Hall–Kier alpha value is -3.97. The van der Waals surface area contributed by atoms with Gasteiger partial charge in [0.05, 0.1) is 12.3 Å². The maximum Gasteiger partial charge on any atom is 0.278 e. The standard InChI is InChI=1S/C23H20N4O3/c1-29-16-21-22(25-26-27(21)18-8-4-2-5-9-18)23(28)24-17-12-14-20(15-13-17)30-19-10-6-3-7-11-19/h2-15H,16H2,1H3,(H,24,28). The number of amides is 1. The predicted octanol–water partition coefficient (Wildman–Crippen LogP) is 4.46. The first-order valence-electron chi connectivity index (χ1n) is 9.38. The average molecular weight is 400 g/mol. The van der Waals surface area contributed by atoms with Crippen LogP contribution in [0.3, 0.4) is 0 Å². The number of ether oxygens (including phenoxy) is 2. The van der Waals surface area contributed by atoms with Crippen LogP contribution in [0, 0.1) is 0 Å². The van der Waals surface area contributed by atoms with E-state index in [1.54, 1.807) is 36.1 Å². The van der Waals surface area contributed by atoms with Crippen LogP contribution >= 0.6 is 0 Å². The molecular formula is C23H20N4O3. The summed E-state index contributed by atoms with van der Waals surface area (Å²) in [4.78, 5) is 12.8. The number of benzene rings is 3. The Morgan fingerprint density at radius 2 is 1.53 bits per heavy atom. The van der Waals surface area contributed by atoms with Crippen molar-refractivity contribution >= 4 is 11.6 Å². The lowest BCUT2D eigenvalue weighted by molar-refractivity contribution is 0.101. The van der Waals surface area contributed by atoms with E-state index < -0.39 is 0 Å². The fraction of sp³-hybridized carbons (Fsp3) is 0.0870. The molecule has 7 nitrogen and oxygen atoms in total. The van der Waals surface area contributed by atoms with Crippen LogP contribution in [0.1, 0.15) is 16.2 Å². The third-order valence-electron chi connectivity index (χ3n) is 4.35. The highest BCUT2D eigenvalue weighted by Crippen LogP contribution is 2.23. The molecule has 4 rings (SSSR count). The van der Waals surface area contributed by atoms with E-state index in [-0.39, 0.29) is 18.2 Å². The number of hydrogen-bond donors (Lipinski definition) is 1. The smallest absolute Gasteiger partial charge is 0.278 e. The molecule has 1 N–H and O–H groups in total. The first-order valence-corrected chi connectivity index (χ1v) is 9.38. The highest BCUT2D eigenvalue weighted by atomic mass is 16.5. The summed E-state index contributed by atoms with van der Waals surface area (Å²) in [5, 5.41) is 11.1. The lowest BCUT2D eigenvalue weighted by Gasteiger charge is -2.09. The fourth-order valence-electron chi connectivity index (χ4n) is 2.94. The highest BCUT2D eigenvalue weighted by molar-refractivity contribution is 6.03. The number of anilines is 1. The highest BCUT2D eigenvalue weighted by Gasteiger charge is 2.20. The SMILES string of the molecule is COCc1c(C(=O)Nc2ccc(Oc3ccccc3)cc2)nnn1-c1ccccc1. The number of hydrogen-bond acceptors (Lipinski definition) is 5. The van der Waals surface area contributed by atoms with E-state index in [1.807, 2.05) is 60.7 Å². The van der Waals surface area contributed by atoms with Crippen molar-refractivity contribution in [2.45, 2.75) is 6.61 Å². The Kier molecular flexibility index (Phi) is 5.82. The van der Waals surface area contributed by atoms with E-state index in [0.29, 0.717) is 17.1 Å². The summed E-state index contributed by atoms with van der Waals surface area (Å²) in [6.45, 7) is 0.203. The van der Waals surface area contributed by atoms with Gasteiger partial charge in [-0.15, -0.1) is 5.10 Å². The molecule has 0 aliphatic rings. The maximum atomic E-state index is 12.8. The molecule has 0 unspecified atom stereocenters. The van der Waals surface area contributed by atoms with Crippen LogP contribution in [0.4, 0.5) is 5.69 Å². The molecule has 0 saturated heterocycles. The lowest BCUT2D eigenvalue weighted by atomic mass is 10.2. The normalized spacial score (nSPS) is 10.6. The summed E-state index contributed by atoms with van der Waals surface area (Å²) in [5.74, 6) is 1.06. The number of carbonyl (C=O) groups is 1. The Morgan fingerprint density at radius 1 is 0.900 bits per heavy atom. The first kappa shape index (κ1) is 19.4. The molecule has 0 bridgehead atoms. The molecule has 1 aromatic heterocycles. The van der Waals surface area contributed by atoms with Gasteiger partial charge in [-0.05, 0) is 48.5 Å². The monoisotopic (exact) mass is 400 g/mol.